The molecule has 1 aromatic heterocycles. The fourth-order valence-corrected chi connectivity index (χ4v) is 4.00. The predicted octanol–water partition coefficient (Wildman–Crippen LogP) is 3.85. The molecule has 1 fully saturated rings. The first-order chi connectivity index (χ1) is 15.2. The second kappa shape index (κ2) is 10.1. The quantitative estimate of drug-likeness (QED) is 0.567. The number of hydrogen-bond acceptors (Lipinski definition) is 4. The molecule has 4 rings (SSSR count). The lowest BCUT2D eigenvalue weighted by Gasteiger charge is -2.29. The summed E-state index contributed by atoms with van der Waals surface area (Å²) < 4.78 is 7.37. The molecule has 1 aliphatic rings. The molecule has 1 aliphatic heterocycles. The summed E-state index contributed by atoms with van der Waals surface area (Å²) in [4.78, 5) is 14.9. The van der Waals surface area contributed by atoms with E-state index in [0.29, 0.717) is 6.54 Å². The fraction of sp³-hybridized carbons (Fsp3) is 0.280. The monoisotopic (exact) mass is 416 g/mol. The Kier molecular flexibility index (Phi) is 6.79. The maximum Gasteiger partial charge on any atom is 0.244 e. The molecule has 1 N–H and O–H groups in total. The van der Waals surface area contributed by atoms with E-state index in [1.165, 1.54) is 12.8 Å². The van der Waals surface area contributed by atoms with Gasteiger partial charge in [-0.05, 0) is 50.2 Å². The number of benzene rings is 2. The molecule has 0 spiro atoms. The van der Waals surface area contributed by atoms with Crippen LogP contribution in [-0.2, 0) is 4.79 Å². The zero-order valence-electron chi connectivity index (χ0n) is 17.8. The first-order valence-electron chi connectivity index (χ1n) is 10.7. The van der Waals surface area contributed by atoms with Gasteiger partial charge >= 0.3 is 0 Å². The molecule has 31 heavy (non-hydrogen) atoms. The number of carbonyl (C=O) groups excluding carboxylic acids is 1. The van der Waals surface area contributed by atoms with Gasteiger partial charge in [0, 0.05) is 29.9 Å². The van der Waals surface area contributed by atoms with Crippen LogP contribution in [0.1, 0.15) is 30.0 Å². The second-order valence-electron chi connectivity index (χ2n) is 7.63. The molecule has 6 heteroatoms. The molecule has 1 saturated heterocycles. The van der Waals surface area contributed by atoms with E-state index in [1.807, 2.05) is 54.7 Å². The molecular formula is C25H28N4O2. The lowest BCUT2D eigenvalue weighted by Crippen LogP contribution is -2.36. The number of hydrogen-bond donors (Lipinski definition) is 1. The van der Waals surface area contributed by atoms with Crippen LogP contribution in [0.15, 0.2) is 73.1 Å². The highest BCUT2D eigenvalue weighted by Crippen LogP contribution is 2.31. The summed E-state index contributed by atoms with van der Waals surface area (Å²) >= 11 is 0. The number of nitrogens with zero attached hydrogens (tertiary/aromatic N) is 3. The van der Waals surface area contributed by atoms with Crippen molar-refractivity contribution in [2.75, 3.05) is 26.7 Å². The third-order valence-corrected chi connectivity index (χ3v) is 5.60. The number of amides is 1. The Morgan fingerprint density at radius 3 is 2.65 bits per heavy atom. The van der Waals surface area contributed by atoms with Crippen molar-refractivity contribution in [3.05, 3.63) is 84.2 Å². The Morgan fingerprint density at radius 1 is 1.13 bits per heavy atom. The number of ether oxygens (including phenoxy) is 1. The van der Waals surface area contributed by atoms with Gasteiger partial charge in [0.2, 0.25) is 5.91 Å². The van der Waals surface area contributed by atoms with E-state index in [9.17, 15) is 4.79 Å². The zero-order valence-corrected chi connectivity index (χ0v) is 17.8. The van der Waals surface area contributed by atoms with Gasteiger partial charge in [0.25, 0.3) is 0 Å². The molecule has 1 atom stereocenters. The van der Waals surface area contributed by atoms with Crippen LogP contribution in [0.25, 0.3) is 11.8 Å². The standard InChI is InChI=1S/C25H28N4O2/c1-31-24-12-6-5-11-22(24)23(28-15-7-8-16-28)18-26-25(30)14-13-20-17-27-29(19-20)21-9-3-2-4-10-21/h2-6,9-14,17,19,23H,7-8,15-16,18H2,1H3,(H,26,30). The number of para-hydroxylation sites is 2. The van der Waals surface area contributed by atoms with Crippen LogP contribution < -0.4 is 10.1 Å². The van der Waals surface area contributed by atoms with Crippen molar-refractivity contribution in [3.8, 4) is 11.4 Å². The molecule has 0 aliphatic carbocycles. The number of aromatic nitrogens is 2. The molecule has 1 unspecified atom stereocenters. The Bertz CT molecular complexity index is 1020. The topological polar surface area (TPSA) is 59.4 Å². The summed E-state index contributed by atoms with van der Waals surface area (Å²) in [5, 5.41) is 7.43. The summed E-state index contributed by atoms with van der Waals surface area (Å²) in [6.45, 7) is 2.60. The Labute approximate surface area is 183 Å². The van der Waals surface area contributed by atoms with Gasteiger partial charge in [0.1, 0.15) is 5.75 Å². The summed E-state index contributed by atoms with van der Waals surface area (Å²) in [6.07, 6.45) is 9.38. The number of nitrogens with one attached hydrogen (secondary N) is 1. The highest BCUT2D eigenvalue weighted by atomic mass is 16.5. The summed E-state index contributed by atoms with van der Waals surface area (Å²) in [5.74, 6) is 0.740. The molecule has 0 saturated carbocycles. The maximum atomic E-state index is 12.5. The summed E-state index contributed by atoms with van der Waals surface area (Å²) in [7, 11) is 1.69. The molecule has 2 heterocycles. The van der Waals surface area contributed by atoms with E-state index < -0.39 is 0 Å². The van der Waals surface area contributed by atoms with Gasteiger partial charge in [-0.2, -0.15) is 5.10 Å². The Hall–Kier alpha value is -3.38. The maximum absolute atomic E-state index is 12.5. The molecule has 6 nitrogen and oxygen atoms in total. The van der Waals surface area contributed by atoms with E-state index in [1.54, 1.807) is 30.1 Å². The zero-order chi connectivity index (χ0) is 21.5. The Morgan fingerprint density at radius 2 is 1.87 bits per heavy atom. The van der Waals surface area contributed by atoms with Crippen LogP contribution in [0.5, 0.6) is 5.75 Å². The van der Waals surface area contributed by atoms with Crippen LogP contribution in [0.4, 0.5) is 0 Å². The normalized spacial score (nSPS) is 15.3. The van der Waals surface area contributed by atoms with Crippen molar-refractivity contribution in [3.63, 3.8) is 0 Å². The van der Waals surface area contributed by atoms with Gasteiger partial charge in [-0.25, -0.2) is 4.68 Å². The Balaban J connectivity index is 1.40. The van der Waals surface area contributed by atoms with E-state index >= 15 is 0 Å². The SMILES string of the molecule is COc1ccccc1C(CNC(=O)C=Cc1cnn(-c2ccccc2)c1)N1CCCC1. The van der Waals surface area contributed by atoms with Gasteiger partial charge in [-0.15, -0.1) is 0 Å². The van der Waals surface area contributed by atoms with E-state index in [-0.39, 0.29) is 11.9 Å². The minimum Gasteiger partial charge on any atom is -0.496 e. The van der Waals surface area contributed by atoms with Crippen molar-refractivity contribution in [1.82, 2.24) is 20.0 Å². The van der Waals surface area contributed by atoms with Crippen LogP contribution in [0, 0.1) is 0 Å². The lowest BCUT2D eigenvalue weighted by atomic mass is 10.0. The van der Waals surface area contributed by atoms with Crippen LogP contribution in [0.2, 0.25) is 0 Å². The first kappa shape index (κ1) is 20.9. The van der Waals surface area contributed by atoms with Crippen molar-refractivity contribution in [2.45, 2.75) is 18.9 Å². The summed E-state index contributed by atoms with van der Waals surface area (Å²) in [5.41, 5.74) is 2.97. The van der Waals surface area contributed by atoms with Crippen molar-refractivity contribution < 1.29 is 9.53 Å². The van der Waals surface area contributed by atoms with Crippen molar-refractivity contribution >= 4 is 12.0 Å². The van der Waals surface area contributed by atoms with E-state index in [0.717, 1.165) is 35.7 Å². The number of likely N-dealkylation sites (tertiary alicyclic amines) is 1. The largest absolute Gasteiger partial charge is 0.496 e. The van der Waals surface area contributed by atoms with Crippen LogP contribution in [0.3, 0.4) is 0 Å². The molecule has 0 bridgehead atoms. The molecule has 0 radical (unpaired) electrons. The third-order valence-electron chi connectivity index (χ3n) is 5.60. The number of methoxy groups -OCH3 is 1. The van der Waals surface area contributed by atoms with Crippen LogP contribution in [-0.4, -0.2) is 47.3 Å². The molecule has 2 aromatic carbocycles. The average molecular weight is 417 g/mol. The summed E-state index contributed by atoms with van der Waals surface area (Å²) in [6, 6.07) is 18.0. The molecule has 160 valence electrons. The van der Waals surface area contributed by atoms with E-state index in [4.69, 9.17) is 4.74 Å². The van der Waals surface area contributed by atoms with Gasteiger partial charge in [-0.3, -0.25) is 9.69 Å². The third kappa shape index (κ3) is 5.22. The van der Waals surface area contributed by atoms with Gasteiger partial charge in [-0.1, -0.05) is 36.4 Å². The van der Waals surface area contributed by atoms with Crippen molar-refractivity contribution in [1.29, 1.82) is 0 Å². The van der Waals surface area contributed by atoms with Crippen molar-refractivity contribution in [2.24, 2.45) is 0 Å². The molecular weight excluding hydrogens is 388 g/mol. The van der Waals surface area contributed by atoms with Gasteiger partial charge in [0.15, 0.2) is 0 Å². The average Bonchev–Trinajstić information content (AvgIpc) is 3.51. The fourth-order valence-electron chi connectivity index (χ4n) is 4.00. The molecule has 1 amide bonds. The lowest BCUT2D eigenvalue weighted by molar-refractivity contribution is -0.116. The van der Waals surface area contributed by atoms with Gasteiger partial charge < -0.3 is 10.1 Å². The highest BCUT2D eigenvalue weighted by molar-refractivity contribution is 5.91. The van der Waals surface area contributed by atoms with Crippen LogP contribution >= 0.6 is 0 Å². The minimum atomic E-state index is -0.119. The minimum absolute atomic E-state index is 0.0943. The predicted molar refractivity (Wildman–Crippen MR) is 122 cm³/mol. The van der Waals surface area contributed by atoms with Gasteiger partial charge in [0.05, 0.1) is 25.0 Å². The number of carbonyl (C=O) groups is 1. The van der Waals surface area contributed by atoms with E-state index in [2.05, 4.69) is 21.4 Å². The smallest absolute Gasteiger partial charge is 0.244 e. The second-order valence-corrected chi connectivity index (χ2v) is 7.63. The highest BCUT2D eigenvalue weighted by Gasteiger charge is 2.26. The number of rotatable bonds is 8. The first-order valence-corrected chi connectivity index (χ1v) is 10.7. The molecule has 3 aromatic rings.